The largest absolute Gasteiger partial charge is 0.380 e. The lowest BCUT2D eigenvalue weighted by Crippen LogP contribution is -2.11. The summed E-state index contributed by atoms with van der Waals surface area (Å²) in [5, 5.41) is 19.8. The highest BCUT2D eigenvalue weighted by Crippen LogP contribution is 2.18. The Morgan fingerprint density at radius 2 is 0.688 bits per heavy atom. The lowest BCUT2D eigenvalue weighted by Gasteiger charge is -2.09. The topological polar surface area (TPSA) is 74.6 Å². The monoisotopic (exact) mass is 424 g/mol. The van der Waals surface area contributed by atoms with E-state index in [0.29, 0.717) is 22.3 Å². The second-order valence-corrected chi connectivity index (χ2v) is 7.09. The first-order valence-corrected chi connectivity index (χ1v) is 10.2. The molecule has 4 heteroatoms. The van der Waals surface area contributed by atoms with E-state index in [1.165, 1.54) is 0 Å². The van der Waals surface area contributed by atoms with Crippen LogP contribution in [0.5, 0.6) is 0 Å². The number of carbonyl (C=O) groups is 2. The predicted molar refractivity (Wildman–Crippen MR) is 124 cm³/mol. The van der Waals surface area contributed by atoms with Crippen molar-refractivity contribution in [2.75, 3.05) is 0 Å². The molecule has 4 rings (SSSR count). The Kier molecular flexibility index (Phi) is 8.21. The number of aliphatic hydroxyl groups is 2. The molecule has 4 aromatic carbocycles. The third-order valence-electron chi connectivity index (χ3n) is 4.84. The van der Waals surface area contributed by atoms with E-state index in [-0.39, 0.29) is 11.6 Å². The maximum absolute atomic E-state index is 11.9. The van der Waals surface area contributed by atoms with Crippen molar-refractivity contribution in [3.05, 3.63) is 144 Å². The third kappa shape index (κ3) is 6.08. The molecule has 0 aliphatic heterocycles. The third-order valence-corrected chi connectivity index (χ3v) is 4.84. The standard InChI is InChI=1S/2C14H12O2/c2*15-13(11-7-3-1-4-8-11)14(16)12-9-5-2-6-10-12/h2*1-10,13,15H. The Morgan fingerprint density at radius 3 is 0.969 bits per heavy atom. The van der Waals surface area contributed by atoms with Gasteiger partial charge in [0, 0.05) is 11.1 Å². The average Bonchev–Trinajstić information content (AvgIpc) is 2.89. The van der Waals surface area contributed by atoms with Crippen LogP contribution >= 0.6 is 0 Å². The van der Waals surface area contributed by atoms with E-state index < -0.39 is 12.2 Å². The van der Waals surface area contributed by atoms with Crippen molar-refractivity contribution in [2.24, 2.45) is 0 Å². The Bertz CT molecular complexity index is 1020. The van der Waals surface area contributed by atoms with Crippen LogP contribution in [0.25, 0.3) is 0 Å². The van der Waals surface area contributed by atoms with Crippen molar-refractivity contribution >= 4 is 11.6 Å². The van der Waals surface area contributed by atoms with Gasteiger partial charge in [0.1, 0.15) is 12.2 Å². The van der Waals surface area contributed by atoms with Crippen LogP contribution < -0.4 is 0 Å². The fourth-order valence-electron chi connectivity index (χ4n) is 3.09. The van der Waals surface area contributed by atoms with Gasteiger partial charge in [-0.05, 0) is 11.1 Å². The smallest absolute Gasteiger partial charge is 0.195 e. The summed E-state index contributed by atoms with van der Waals surface area (Å²) in [7, 11) is 0. The van der Waals surface area contributed by atoms with Gasteiger partial charge < -0.3 is 10.2 Å². The molecule has 0 spiro atoms. The van der Waals surface area contributed by atoms with Crippen molar-refractivity contribution in [2.45, 2.75) is 12.2 Å². The van der Waals surface area contributed by atoms with Gasteiger partial charge in [-0.25, -0.2) is 0 Å². The molecule has 0 aromatic heterocycles. The fraction of sp³-hybridized carbons (Fsp3) is 0.0714. The molecular weight excluding hydrogens is 400 g/mol. The fourth-order valence-corrected chi connectivity index (χ4v) is 3.09. The Balaban J connectivity index is 0.000000181. The summed E-state index contributed by atoms with van der Waals surface area (Å²) in [4.78, 5) is 23.8. The predicted octanol–water partition coefficient (Wildman–Crippen LogP) is 5.21. The molecule has 4 aromatic rings. The summed E-state index contributed by atoms with van der Waals surface area (Å²) in [6.07, 6.45) is -2.16. The number of benzene rings is 4. The number of hydrogen-bond donors (Lipinski definition) is 2. The molecule has 0 fully saturated rings. The van der Waals surface area contributed by atoms with Gasteiger partial charge in [0.15, 0.2) is 11.6 Å². The van der Waals surface area contributed by atoms with E-state index in [1.54, 1.807) is 97.1 Å². The quantitative estimate of drug-likeness (QED) is 0.417. The van der Waals surface area contributed by atoms with Gasteiger partial charge in [-0.15, -0.1) is 0 Å². The summed E-state index contributed by atoms with van der Waals surface area (Å²) in [5.74, 6) is -0.543. The molecule has 2 unspecified atom stereocenters. The number of hydrogen-bond acceptors (Lipinski definition) is 4. The molecule has 0 saturated heterocycles. The van der Waals surface area contributed by atoms with E-state index in [0.717, 1.165) is 0 Å². The lowest BCUT2D eigenvalue weighted by molar-refractivity contribution is 0.0743. The van der Waals surface area contributed by atoms with Crippen molar-refractivity contribution in [1.29, 1.82) is 0 Å². The molecule has 0 radical (unpaired) electrons. The van der Waals surface area contributed by atoms with Crippen LogP contribution in [0.3, 0.4) is 0 Å². The molecule has 0 amide bonds. The highest BCUT2D eigenvalue weighted by molar-refractivity contribution is 6.00. The second-order valence-electron chi connectivity index (χ2n) is 7.09. The molecule has 0 saturated carbocycles. The maximum Gasteiger partial charge on any atom is 0.195 e. The van der Waals surface area contributed by atoms with Crippen LogP contribution in [0.1, 0.15) is 44.1 Å². The number of ketones is 2. The summed E-state index contributed by atoms with van der Waals surface area (Å²) in [6, 6.07) is 35.5. The first kappa shape index (κ1) is 22.8. The minimum Gasteiger partial charge on any atom is -0.380 e. The molecule has 0 aliphatic rings. The molecule has 160 valence electrons. The zero-order valence-corrected chi connectivity index (χ0v) is 17.4. The van der Waals surface area contributed by atoms with Crippen LogP contribution in [-0.2, 0) is 0 Å². The summed E-state index contributed by atoms with van der Waals surface area (Å²) in [6.45, 7) is 0. The van der Waals surface area contributed by atoms with Gasteiger partial charge in [-0.1, -0.05) is 121 Å². The summed E-state index contributed by atoms with van der Waals surface area (Å²) >= 11 is 0. The van der Waals surface area contributed by atoms with Crippen LogP contribution in [0.2, 0.25) is 0 Å². The molecule has 32 heavy (non-hydrogen) atoms. The summed E-state index contributed by atoms with van der Waals surface area (Å²) in [5.41, 5.74) is 2.30. The molecule has 0 bridgehead atoms. The van der Waals surface area contributed by atoms with Crippen LogP contribution in [-0.4, -0.2) is 21.8 Å². The molecule has 2 atom stereocenters. The number of carbonyl (C=O) groups excluding carboxylic acids is 2. The molecule has 0 aliphatic carbocycles. The number of rotatable bonds is 6. The van der Waals surface area contributed by atoms with E-state index in [4.69, 9.17) is 0 Å². The Labute approximate surface area is 187 Å². The molecule has 0 heterocycles. The lowest BCUT2D eigenvalue weighted by atomic mass is 10.0. The first-order valence-electron chi connectivity index (χ1n) is 10.2. The van der Waals surface area contributed by atoms with Gasteiger partial charge in [0.05, 0.1) is 0 Å². The van der Waals surface area contributed by atoms with Gasteiger partial charge >= 0.3 is 0 Å². The molecular formula is C28H24O4. The van der Waals surface area contributed by atoms with Crippen molar-refractivity contribution in [1.82, 2.24) is 0 Å². The van der Waals surface area contributed by atoms with Crippen molar-refractivity contribution < 1.29 is 19.8 Å². The minimum absolute atomic E-state index is 0.271. The Hall–Kier alpha value is -3.86. The van der Waals surface area contributed by atoms with Gasteiger partial charge in [-0.3, -0.25) is 9.59 Å². The van der Waals surface area contributed by atoms with Gasteiger partial charge in [-0.2, -0.15) is 0 Å². The van der Waals surface area contributed by atoms with Crippen molar-refractivity contribution in [3.63, 3.8) is 0 Å². The van der Waals surface area contributed by atoms with Crippen molar-refractivity contribution in [3.8, 4) is 0 Å². The minimum atomic E-state index is -1.08. The van der Waals surface area contributed by atoms with Gasteiger partial charge in [0.2, 0.25) is 0 Å². The highest BCUT2D eigenvalue weighted by Gasteiger charge is 2.19. The average molecular weight is 424 g/mol. The van der Waals surface area contributed by atoms with E-state index >= 15 is 0 Å². The van der Waals surface area contributed by atoms with Crippen LogP contribution in [0.15, 0.2) is 121 Å². The number of aliphatic hydroxyl groups excluding tert-OH is 2. The van der Waals surface area contributed by atoms with Gasteiger partial charge in [0.25, 0.3) is 0 Å². The normalized spacial score (nSPS) is 12.1. The van der Waals surface area contributed by atoms with Crippen LogP contribution in [0.4, 0.5) is 0 Å². The van der Waals surface area contributed by atoms with Crippen LogP contribution in [0, 0.1) is 0 Å². The highest BCUT2D eigenvalue weighted by atomic mass is 16.3. The Morgan fingerprint density at radius 1 is 0.438 bits per heavy atom. The molecule has 4 nitrogen and oxygen atoms in total. The zero-order valence-electron chi connectivity index (χ0n) is 17.4. The van der Waals surface area contributed by atoms with E-state index in [1.807, 2.05) is 24.3 Å². The zero-order chi connectivity index (χ0) is 22.8. The first-order chi connectivity index (χ1) is 15.6. The van der Waals surface area contributed by atoms with E-state index in [9.17, 15) is 19.8 Å². The SMILES string of the molecule is O=C(c1ccccc1)C(O)c1ccccc1.O=C(c1ccccc1)C(O)c1ccccc1. The second kappa shape index (κ2) is 11.5. The number of Topliss-reactive ketones (excluding diaryl/α,β-unsaturated/α-hetero) is 2. The molecule has 2 N–H and O–H groups in total. The summed E-state index contributed by atoms with van der Waals surface area (Å²) < 4.78 is 0. The maximum atomic E-state index is 11.9. The van der Waals surface area contributed by atoms with E-state index in [2.05, 4.69) is 0 Å².